The van der Waals surface area contributed by atoms with Crippen LogP contribution in [0.1, 0.15) is 0 Å². The molecule has 0 spiro atoms. The van der Waals surface area contributed by atoms with Gasteiger partial charge in [0.25, 0.3) is 0 Å². The molecule has 0 saturated heterocycles. The Bertz CT molecular complexity index is 4590. The van der Waals surface area contributed by atoms with Gasteiger partial charge in [0.2, 0.25) is 0 Å². The third-order valence-electron chi connectivity index (χ3n) is 14.6. The molecule has 0 fully saturated rings. The normalized spacial score (nSPS) is 12.0. The summed E-state index contributed by atoms with van der Waals surface area (Å²) in [6.07, 6.45) is 2.03. The Hall–Kier alpha value is -9.45. The van der Waals surface area contributed by atoms with Crippen molar-refractivity contribution in [1.29, 1.82) is 0 Å². The number of rotatable bonds is 6. The van der Waals surface area contributed by atoms with Crippen LogP contribution in [0.3, 0.4) is 0 Å². The highest BCUT2D eigenvalue weighted by Gasteiger charge is 2.22. The molecule has 5 nitrogen and oxygen atoms in total. The molecule has 0 aliphatic heterocycles. The van der Waals surface area contributed by atoms with Crippen LogP contribution in [0.15, 0.2) is 243 Å². The summed E-state index contributed by atoms with van der Waals surface area (Å²) >= 11 is 0. The van der Waals surface area contributed by atoms with Gasteiger partial charge in [0, 0.05) is 65.7 Å². The van der Waals surface area contributed by atoms with E-state index in [0.717, 1.165) is 66.9 Å². The number of nitrogens with one attached hydrogen (secondary N) is 1. The van der Waals surface area contributed by atoms with Crippen molar-refractivity contribution in [2.24, 2.45) is 0 Å². The summed E-state index contributed by atoms with van der Waals surface area (Å²) in [5, 5.41) is 9.74. The maximum absolute atomic E-state index is 5.02. The highest BCUT2D eigenvalue weighted by molar-refractivity contribution is 6.28. The molecular formula is C65H41N5. The van der Waals surface area contributed by atoms with Crippen molar-refractivity contribution >= 4 is 87.4 Å². The number of pyridine rings is 1. The van der Waals surface area contributed by atoms with Crippen molar-refractivity contribution in [2.75, 3.05) is 0 Å². The van der Waals surface area contributed by atoms with Gasteiger partial charge in [-0.15, -0.1) is 0 Å². The average Bonchev–Trinajstić information content (AvgIpc) is 4.18. The fraction of sp³-hybridized carbons (Fsp3) is 0. The zero-order chi connectivity index (χ0) is 45.9. The zero-order valence-electron chi connectivity index (χ0n) is 37.9. The molecule has 0 aliphatic rings. The summed E-state index contributed by atoms with van der Waals surface area (Å²) in [5.74, 6) is 0. The third-order valence-corrected chi connectivity index (χ3v) is 14.6. The van der Waals surface area contributed by atoms with Gasteiger partial charge in [-0.05, 0) is 118 Å². The van der Waals surface area contributed by atoms with E-state index in [1.54, 1.807) is 0 Å². The van der Waals surface area contributed by atoms with Crippen LogP contribution in [0, 0.1) is 0 Å². The minimum absolute atomic E-state index is 0.905. The Kier molecular flexibility index (Phi) is 8.29. The van der Waals surface area contributed by atoms with Gasteiger partial charge in [-0.3, -0.25) is 0 Å². The summed E-state index contributed by atoms with van der Waals surface area (Å²) in [6, 6.07) is 86.2. The predicted octanol–water partition coefficient (Wildman–Crippen LogP) is 17.0. The molecule has 15 aromatic rings. The van der Waals surface area contributed by atoms with Crippen molar-refractivity contribution in [3.63, 3.8) is 0 Å². The average molecular weight is 892 g/mol. The standard InChI is InChI=1S/C65H41N5/c1-3-17-41(18-4-1)44-35-45(37-46(36-44)43-20-16-24-49(39-43)69-57-31-13-9-27-53(57)61-60(69)40-66-65-63(61)52-26-7-11-29-55(52)67-65)42-19-15-23-48(38-42)68-58-32-14-10-28-54(58)62-59(68)34-33-51-50-25-8-12-30-56(50)70(64(51)62)47-21-5-2-6-22-47/h1-40H,(H,66,67). The number of hydrogen-bond donors (Lipinski definition) is 1. The number of aromatic amines is 1. The highest BCUT2D eigenvalue weighted by atomic mass is 15.0. The van der Waals surface area contributed by atoms with E-state index in [-0.39, 0.29) is 0 Å². The van der Waals surface area contributed by atoms with Gasteiger partial charge in [-0.25, -0.2) is 4.98 Å². The summed E-state index contributed by atoms with van der Waals surface area (Å²) in [5.41, 5.74) is 19.3. The molecule has 0 radical (unpaired) electrons. The second kappa shape index (κ2) is 15.0. The fourth-order valence-electron chi connectivity index (χ4n) is 11.6. The number of H-pyrrole nitrogens is 1. The van der Waals surface area contributed by atoms with Gasteiger partial charge in [-0.2, -0.15) is 0 Å². The first kappa shape index (κ1) is 38.6. The minimum Gasteiger partial charge on any atom is -0.339 e. The lowest BCUT2D eigenvalue weighted by Gasteiger charge is -2.15. The molecule has 5 aromatic heterocycles. The van der Waals surface area contributed by atoms with E-state index < -0.39 is 0 Å². The van der Waals surface area contributed by atoms with Crippen molar-refractivity contribution in [2.45, 2.75) is 0 Å². The van der Waals surface area contributed by atoms with E-state index in [1.807, 2.05) is 6.20 Å². The Balaban J connectivity index is 0.917. The predicted molar refractivity (Wildman–Crippen MR) is 293 cm³/mol. The number of para-hydroxylation sites is 5. The first-order chi connectivity index (χ1) is 34.7. The van der Waals surface area contributed by atoms with Gasteiger partial charge in [0.1, 0.15) is 5.65 Å². The molecule has 5 heteroatoms. The Morgan fingerprint density at radius 2 is 0.786 bits per heavy atom. The van der Waals surface area contributed by atoms with Gasteiger partial charge < -0.3 is 18.7 Å². The molecule has 10 aromatic carbocycles. The van der Waals surface area contributed by atoms with E-state index >= 15 is 0 Å². The third kappa shape index (κ3) is 5.69. The summed E-state index contributed by atoms with van der Waals surface area (Å²) in [7, 11) is 0. The number of hydrogen-bond acceptors (Lipinski definition) is 1. The summed E-state index contributed by atoms with van der Waals surface area (Å²) < 4.78 is 7.29. The van der Waals surface area contributed by atoms with E-state index in [4.69, 9.17) is 4.98 Å². The minimum atomic E-state index is 0.905. The number of aromatic nitrogens is 5. The van der Waals surface area contributed by atoms with Crippen LogP contribution in [0.4, 0.5) is 0 Å². The second-order valence-corrected chi connectivity index (χ2v) is 18.4. The molecule has 0 bridgehead atoms. The number of nitrogens with zero attached hydrogens (tertiary/aromatic N) is 4. The first-order valence-corrected chi connectivity index (χ1v) is 23.9. The van der Waals surface area contributed by atoms with Crippen molar-refractivity contribution in [3.05, 3.63) is 243 Å². The molecule has 0 atom stereocenters. The highest BCUT2D eigenvalue weighted by Crippen LogP contribution is 2.44. The molecule has 326 valence electrons. The molecule has 0 unspecified atom stereocenters. The fourth-order valence-corrected chi connectivity index (χ4v) is 11.6. The summed E-state index contributed by atoms with van der Waals surface area (Å²) in [6.45, 7) is 0. The van der Waals surface area contributed by atoms with Crippen LogP contribution < -0.4 is 0 Å². The lowest BCUT2D eigenvalue weighted by atomic mass is 9.93. The van der Waals surface area contributed by atoms with Crippen molar-refractivity contribution in [1.82, 2.24) is 23.7 Å². The van der Waals surface area contributed by atoms with Crippen molar-refractivity contribution in [3.8, 4) is 50.4 Å². The number of benzene rings is 10. The molecule has 0 amide bonds. The molecule has 70 heavy (non-hydrogen) atoms. The van der Waals surface area contributed by atoms with Crippen LogP contribution in [0.2, 0.25) is 0 Å². The first-order valence-electron chi connectivity index (χ1n) is 23.9. The molecule has 0 saturated carbocycles. The van der Waals surface area contributed by atoms with Crippen LogP contribution in [0.5, 0.6) is 0 Å². The van der Waals surface area contributed by atoms with Gasteiger partial charge in [-0.1, -0.05) is 152 Å². The largest absolute Gasteiger partial charge is 0.339 e. The smallest absolute Gasteiger partial charge is 0.139 e. The van der Waals surface area contributed by atoms with Crippen LogP contribution in [-0.4, -0.2) is 23.7 Å². The van der Waals surface area contributed by atoms with Crippen LogP contribution >= 0.6 is 0 Å². The molecular weight excluding hydrogens is 851 g/mol. The Morgan fingerprint density at radius 1 is 0.286 bits per heavy atom. The Labute approximate surface area is 402 Å². The van der Waals surface area contributed by atoms with Gasteiger partial charge in [0.15, 0.2) is 0 Å². The zero-order valence-corrected chi connectivity index (χ0v) is 37.9. The molecule has 1 N–H and O–H groups in total. The topological polar surface area (TPSA) is 43.5 Å². The maximum Gasteiger partial charge on any atom is 0.139 e. The lowest BCUT2D eigenvalue weighted by molar-refractivity contribution is 1.17. The van der Waals surface area contributed by atoms with E-state index in [1.165, 1.54) is 70.9 Å². The van der Waals surface area contributed by atoms with Crippen LogP contribution in [0.25, 0.3) is 138 Å². The molecule has 15 rings (SSSR count). The van der Waals surface area contributed by atoms with Crippen LogP contribution in [-0.2, 0) is 0 Å². The number of fused-ring (bicyclic) bond motifs is 14. The molecule has 5 heterocycles. The van der Waals surface area contributed by atoms with E-state index in [9.17, 15) is 0 Å². The Morgan fingerprint density at radius 3 is 1.46 bits per heavy atom. The SMILES string of the molecule is c1ccc(-c2cc(-c3cccc(-n4c5ccccc5c5c6c(ncc54)[nH]c4ccccc46)c3)cc(-c3cccc(-n4c5ccccc5c5c4ccc4c6ccccc6n(-c6ccccc6)c45)c3)c2)cc1. The lowest BCUT2D eigenvalue weighted by Crippen LogP contribution is -1.96. The molecule has 0 aliphatic carbocycles. The van der Waals surface area contributed by atoms with Gasteiger partial charge >= 0.3 is 0 Å². The monoisotopic (exact) mass is 891 g/mol. The maximum atomic E-state index is 5.02. The quantitative estimate of drug-likeness (QED) is 0.178. The van der Waals surface area contributed by atoms with Gasteiger partial charge in [0.05, 0.1) is 39.3 Å². The van der Waals surface area contributed by atoms with Crippen molar-refractivity contribution < 1.29 is 0 Å². The van der Waals surface area contributed by atoms with E-state index in [0.29, 0.717) is 0 Å². The second-order valence-electron chi connectivity index (χ2n) is 18.4. The van der Waals surface area contributed by atoms with E-state index in [2.05, 4.69) is 255 Å². The summed E-state index contributed by atoms with van der Waals surface area (Å²) in [4.78, 5) is 8.59.